The summed E-state index contributed by atoms with van der Waals surface area (Å²) >= 11 is 1.30. The van der Waals surface area contributed by atoms with Crippen molar-refractivity contribution in [2.45, 2.75) is 26.3 Å². The molecule has 3 heterocycles. The lowest BCUT2D eigenvalue weighted by Crippen LogP contribution is -2.27. The van der Waals surface area contributed by atoms with Gasteiger partial charge < -0.3 is 5.32 Å². The van der Waals surface area contributed by atoms with E-state index in [1.807, 2.05) is 36.4 Å². The molecular formula is C20H18N4O2S. The van der Waals surface area contributed by atoms with Crippen molar-refractivity contribution in [3.63, 3.8) is 0 Å². The number of aromatic nitrogens is 3. The highest BCUT2D eigenvalue weighted by Gasteiger charge is 2.13. The number of hydrogen-bond donors (Lipinski definition) is 1. The zero-order chi connectivity index (χ0) is 19.0. The summed E-state index contributed by atoms with van der Waals surface area (Å²) in [4.78, 5) is 34.5. The van der Waals surface area contributed by atoms with Crippen LogP contribution in [0.1, 0.15) is 25.3 Å². The first-order valence-electron chi connectivity index (χ1n) is 8.65. The van der Waals surface area contributed by atoms with Crippen LogP contribution in [0, 0.1) is 0 Å². The molecule has 6 nitrogen and oxygen atoms in total. The van der Waals surface area contributed by atoms with E-state index in [1.165, 1.54) is 27.8 Å². The van der Waals surface area contributed by atoms with Gasteiger partial charge in [-0.15, -0.1) is 11.3 Å². The third kappa shape index (κ3) is 3.33. The lowest BCUT2D eigenvalue weighted by molar-refractivity contribution is -0.116. The minimum absolute atomic E-state index is 0.0879. The SMILES string of the molecule is CC(C)c1ccc(NC(=O)Cn2cnc3c(sc4ncccc43)c2=O)cc1. The van der Waals surface area contributed by atoms with Crippen molar-refractivity contribution in [1.82, 2.24) is 14.5 Å². The third-order valence-electron chi connectivity index (χ3n) is 4.40. The number of hydrogen-bond acceptors (Lipinski definition) is 5. The van der Waals surface area contributed by atoms with Gasteiger partial charge in [-0.25, -0.2) is 9.97 Å². The van der Waals surface area contributed by atoms with Crippen molar-refractivity contribution in [3.05, 3.63) is 64.8 Å². The average Bonchev–Trinajstić information content (AvgIpc) is 3.04. The number of amides is 1. The molecule has 4 rings (SSSR count). The predicted octanol–water partition coefficient (Wildman–Crippen LogP) is 3.77. The molecule has 0 unspecified atom stereocenters. The smallest absolute Gasteiger partial charge is 0.271 e. The number of nitrogens with zero attached hydrogens (tertiary/aromatic N) is 3. The second-order valence-electron chi connectivity index (χ2n) is 6.64. The molecule has 0 bridgehead atoms. The van der Waals surface area contributed by atoms with E-state index in [-0.39, 0.29) is 18.0 Å². The molecule has 0 spiro atoms. The molecule has 1 N–H and O–H groups in total. The molecule has 0 aliphatic carbocycles. The van der Waals surface area contributed by atoms with E-state index < -0.39 is 0 Å². The fraction of sp³-hybridized carbons (Fsp3) is 0.200. The molecule has 3 aromatic heterocycles. The number of anilines is 1. The Kier molecular flexibility index (Phi) is 4.45. The van der Waals surface area contributed by atoms with E-state index >= 15 is 0 Å². The molecule has 0 radical (unpaired) electrons. The maximum Gasteiger partial charge on any atom is 0.271 e. The van der Waals surface area contributed by atoms with Crippen LogP contribution in [-0.2, 0) is 11.3 Å². The van der Waals surface area contributed by atoms with Crippen molar-refractivity contribution in [2.75, 3.05) is 5.32 Å². The highest BCUT2D eigenvalue weighted by atomic mass is 32.1. The van der Waals surface area contributed by atoms with Crippen LogP contribution in [0.15, 0.2) is 53.7 Å². The number of carbonyl (C=O) groups excluding carboxylic acids is 1. The molecule has 1 amide bonds. The Labute approximate surface area is 159 Å². The standard InChI is InChI=1S/C20H18N4O2S/c1-12(2)13-5-7-14(8-6-13)23-16(25)10-24-11-22-17-15-4-3-9-21-19(15)27-18(17)20(24)26/h3-9,11-12H,10H2,1-2H3,(H,23,25). The number of carbonyl (C=O) groups is 1. The summed E-state index contributed by atoms with van der Waals surface area (Å²) < 4.78 is 1.84. The van der Waals surface area contributed by atoms with Gasteiger partial charge in [0.25, 0.3) is 5.56 Å². The van der Waals surface area contributed by atoms with Gasteiger partial charge in [0.1, 0.15) is 16.1 Å². The maximum absolute atomic E-state index is 12.7. The van der Waals surface area contributed by atoms with E-state index in [0.717, 1.165) is 10.2 Å². The average molecular weight is 378 g/mol. The first-order valence-corrected chi connectivity index (χ1v) is 9.47. The van der Waals surface area contributed by atoms with Gasteiger partial charge in [-0.1, -0.05) is 26.0 Å². The van der Waals surface area contributed by atoms with Crippen LogP contribution >= 0.6 is 11.3 Å². The monoisotopic (exact) mass is 378 g/mol. The Morgan fingerprint density at radius 1 is 1.19 bits per heavy atom. The van der Waals surface area contributed by atoms with Crippen molar-refractivity contribution in [2.24, 2.45) is 0 Å². The molecule has 4 aromatic rings. The molecule has 27 heavy (non-hydrogen) atoms. The van der Waals surface area contributed by atoms with Gasteiger partial charge in [-0.3, -0.25) is 14.2 Å². The highest BCUT2D eigenvalue weighted by Crippen LogP contribution is 2.27. The first kappa shape index (κ1) is 17.4. The molecule has 0 aliphatic heterocycles. The fourth-order valence-electron chi connectivity index (χ4n) is 2.92. The Balaban J connectivity index is 1.57. The normalized spacial score (nSPS) is 11.4. The number of pyridine rings is 1. The molecule has 0 aliphatic rings. The van der Waals surface area contributed by atoms with Gasteiger partial charge in [0.05, 0.1) is 11.8 Å². The molecule has 136 valence electrons. The lowest BCUT2D eigenvalue weighted by atomic mass is 10.0. The Bertz CT molecular complexity index is 1190. The summed E-state index contributed by atoms with van der Waals surface area (Å²) in [6.45, 7) is 4.15. The maximum atomic E-state index is 12.7. The Morgan fingerprint density at radius 2 is 1.96 bits per heavy atom. The van der Waals surface area contributed by atoms with Crippen LogP contribution in [0.3, 0.4) is 0 Å². The molecule has 0 saturated carbocycles. The zero-order valence-electron chi connectivity index (χ0n) is 15.0. The number of nitrogens with one attached hydrogen (secondary N) is 1. The van der Waals surface area contributed by atoms with Crippen LogP contribution in [0.2, 0.25) is 0 Å². The molecule has 0 saturated heterocycles. The van der Waals surface area contributed by atoms with Gasteiger partial charge >= 0.3 is 0 Å². The number of fused-ring (bicyclic) bond motifs is 3. The Morgan fingerprint density at radius 3 is 2.70 bits per heavy atom. The van der Waals surface area contributed by atoms with Crippen LogP contribution in [-0.4, -0.2) is 20.4 Å². The van der Waals surface area contributed by atoms with Gasteiger partial charge in [0.15, 0.2) is 0 Å². The number of thiophene rings is 1. The van der Waals surface area contributed by atoms with E-state index in [2.05, 4.69) is 29.1 Å². The summed E-state index contributed by atoms with van der Waals surface area (Å²) in [5, 5.41) is 3.68. The van der Waals surface area contributed by atoms with Crippen LogP contribution in [0.5, 0.6) is 0 Å². The van der Waals surface area contributed by atoms with Gasteiger partial charge in [0, 0.05) is 17.3 Å². The van der Waals surface area contributed by atoms with Gasteiger partial charge in [-0.05, 0) is 35.7 Å². The molecule has 7 heteroatoms. The van der Waals surface area contributed by atoms with Crippen molar-refractivity contribution in [3.8, 4) is 0 Å². The largest absolute Gasteiger partial charge is 0.325 e. The predicted molar refractivity (Wildman–Crippen MR) is 108 cm³/mol. The minimum atomic E-state index is -0.269. The van der Waals surface area contributed by atoms with Crippen molar-refractivity contribution >= 4 is 43.4 Å². The lowest BCUT2D eigenvalue weighted by Gasteiger charge is -2.09. The zero-order valence-corrected chi connectivity index (χ0v) is 15.8. The molecular weight excluding hydrogens is 360 g/mol. The van der Waals surface area contributed by atoms with E-state index in [9.17, 15) is 9.59 Å². The number of rotatable bonds is 4. The molecule has 0 atom stereocenters. The van der Waals surface area contributed by atoms with E-state index in [4.69, 9.17) is 0 Å². The summed E-state index contributed by atoms with van der Waals surface area (Å²) in [5.74, 6) is 0.164. The quantitative estimate of drug-likeness (QED) is 0.586. The van der Waals surface area contributed by atoms with E-state index in [1.54, 1.807) is 6.20 Å². The van der Waals surface area contributed by atoms with Crippen LogP contribution in [0.4, 0.5) is 5.69 Å². The summed E-state index contributed by atoms with van der Waals surface area (Å²) in [6.07, 6.45) is 3.11. The molecule has 0 fully saturated rings. The minimum Gasteiger partial charge on any atom is -0.325 e. The summed E-state index contributed by atoms with van der Waals surface area (Å²) in [6, 6.07) is 11.4. The Hall–Kier alpha value is -3.06. The van der Waals surface area contributed by atoms with Gasteiger partial charge in [0.2, 0.25) is 5.91 Å². The summed E-state index contributed by atoms with van der Waals surface area (Å²) in [7, 11) is 0. The number of benzene rings is 1. The summed E-state index contributed by atoms with van der Waals surface area (Å²) in [5.41, 5.74) is 2.32. The van der Waals surface area contributed by atoms with Gasteiger partial charge in [-0.2, -0.15) is 0 Å². The first-order chi connectivity index (χ1) is 13.0. The second-order valence-corrected chi connectivity index (χ2v) is 7.64. The van der Waals surface area contributed by atoms with Crippen molar-refractivity contribution in [1.29, 1.82) is 0 Å². The third-order valence-corrected chi connectivity index (χ3v) is 5.49. The van der Waals surface area contributed by atoms with Crippen molar-refractivity contribution < 1.29 is 4.79 Å². The molecule has 1 aromatic carbocycles. The second kappa shape index (κ2) is 6.92. The fourth-order valence-corrected chi connectivity index (χ4v) is 3.97. The van der Waals surface area contributed by atoms with Crippen LogP contribution in [0.25, 0.3) is 20.4 Å². The van der Waals surface area contributed by atoms with E-state index in [0.29, 0.717) is 21.8 Å². The topological polar surface area (TPSA) is 76.9 Å². The van der Waals surface area contributed by atoms with Crippen LogP contribution < -0.4 is 10.9 Å². The highest BCUT2D eigenvalue weighted by molar-refractivity contribution is 7.25.